The highest BCUT2D eigenvalue weighted by atomic mass is 15.0. The zero-order valence-electron chi connectivity index (χ0n) is 11.8. The number of hydrogen-bond acceptors (Lipinski definition) is 1. The Kier molecular flexibility index (Phi) is 2.99. The number of nitrogens with one attached hydrogen (secondary N) is 1. The van der Waals surface area contributed by atoms with Gasteiger partial charge in [0.05, 0.1) is 0 Å². The maximum atomic E-state index is 3.87. The summed E-state index contributed by atoms with van der Waals surface area (Å²) < 4.78 is 0. The third-order valence-corrected chi connectivity index (χ3v) is 4.59. The van der Waals surface area contributed by atoms with Crippen molar-refractivity contribution in [2.45, 2.75) is 31.7 Å². The average molecular weight is 263 g/mol. The van der Waals surface area contributed by atoms with Crippen LogP contribution in [0.5, 0.6) is 0 Å². The Hall–Kier alpha value is -1.76. The molecule has 4 rings (SSSR count). The number of rotatable bonds is 5. The highest BCUT2D eigenvalue weighted by Crippen LogP contribution is 2.46. The molecule has 102 valence electrons. The summed E-state index contributed by atoms with van der Waals surface area (Å²) in [5.41, 5.74) is 3.95. The minimum Gasteiger partial charge on any atom is -0.381 e. The molecule has 0 heterocycles. The first kappa shape index (κ1) is 12.0. The molecule has 0 aromatic heterocycles. The predicted molar refractivity (Wildman–Crippen MR) is 84.7 cm³/mol. The van der Waals surface area contributed by atoms with Crippen molar-refractivity contribution in [3.63, 3.8) is 0 Å². The molecular formula is C19H21N. The van der Waals surface area contributed by atoms with Crippen LogP contribution in [0.3, 0.4) is 0 Å². The lowest BCUT2D eigenvalue weighted by molar-refractivity contribution is 0.568. The van der Waals surface area contributed by atoms with E-state index in [1.165, 1.54) is 42.5 Å². The first-order valence-corrected chi connectivity index (χ1v) is 7.83. The minimum atomic E-state index is 0.708. The van der Waals surface area contributed by atoms with Gasteiger partial charge in [0, 0.05) is 17.3 Å². The molecule has 2 aliphatic rings. The molecule has 2 fully saturated rings. The van der Waals surface area contributed by atoms with Gasteiger partial charge in [-0.2, -0.15) is 0 Å². The van der Waals surface area contributed by atoms with Crippen molar-refractivity contribution < 1.29 is 0 Å². The molecule has 0 aliphatic heterocycles. The van der Waals surface area contributed by atoms with Crippen molar-refractivity contribution >= 4 is 5.69 Å². The van der Waals surface area contributed by atoms with E-state index in [1.807, 2.05) is 0 Å². The van der Waals surface area contributed by atoms with Crippen LogP contribution < -0.4 is 5.32 Å². The van der Waals surface area contributed by atoms with Crippen LogP contribution in [0.1, 0.15) is 25.7 Å². The summed E-state index contributed by atoms with van der Waals surface area (Å²) in [6, 6.07) is 20.2. The second kappa shape index (κ2) is 4.97. The van der Waals surface area contributed by atoms with E-state index < -0.39 is 0 Å². The van der Waals surface area contributed by atoms with Crippen LogP contribution in [0.15, 0.2) is 54.6 Å². The quantitative estimate of drug-likeness (QED) is 0.804. The van der Waals surface area contributed by atoms with Crippen LogP contribution in [-0.2, 0) is 0 Å². The van der Waals surface area contributed by atoms with Gasteiger partial charge in [0.15, 0.2) is 0 Å². The van der Waals surface area contributed by atoms with Crippen molar-refractivity contribution in [1.29, 1.82) is 0 Å². The Labute approximate surface area is 121 Å². The van der Waals surface area contributed by atoms with Gasteiger partial charge in [-0.25, -0.2) is 0 Å². The van der Waals surface area contributed by atoms with E-state index in [1.54, 1.807) is 0 Å². The minimum absolute atomic E-state index is 0.708. The fraction of sp³-hybridized carbons (Fsp3) is 0.368. The molecule has 1 nitrogen and oxygen atoms in total. The fourth-order valence-electron chi connectivity index (χ4n) is 3.19. The van der Waals surface area contributed by atoms with E-state index in [0.29, 0.717) is 6.04 Å². The van der Waals surface area contributed by atoms with Gasteiger partial charge in [-0.1, -0.05) is 48.5 Å². The average Bonchev–Trinajstić information content (AvgIpc) is 3.40. The second-order valence-corrected chi connectivity index (χ2v) is 6.26. The molecule has 0 amide bonds. The molecule has 0 radical (unpaired) electrons. The Bertz CT molecular complexity index is 570. The molecule has 1 heteroatoms. The SMILES string of the molecule is c1ccc(-c2ccccc2NC(C2CC2)C2CC2)cc1. The van der Waals surface area contributed by atoms with Crippen molar-refractivity contribution in [2.24, 2.45) is 11.8 Å². The molecule has 1 N–H and O–H groups in total. The van der Waals surface area contributed by atoms with E-state index in [2.05, 4.69) is 59.9 Å². The third-order valence-electron chi connectivity index (χ3n) is 4.59. The summed E-state index contributed by atoms with van der Waals surface area (Å²) in [6.45, 7) is 0. The fourth-order valence-corrected chi connectivity index (χ4v) is 3.19. The largest absolute Gasteiger partial charge is 0.381 e. The Balaban J connectivity index is 1.64. The summed E-state index contributed by atoms with van der Waals surface area (Å²) in [5.74, 6) is 1.85. The second-order valence-electron chi connectivity index (χ2n) is 6.26. The van der Waals surface area contributed by atoms with Crippen LogP contribution in [-0.4, -0.2) is 6.04 Å². The zero-order valence-corrected chi connectivity index (χ0v) is 11.8. The van der Waals surface area contributed by atoms with Gasteiger partial charge < -0.3 is 5.32 Å². The van der Waals surface area contributed by atoms with Crippen LogP contribution in [0.4, 0.5) is 5.69 Å². The number of benzene rings is 2. The Morgan fingerprint density at radius 3 is 2.00 bits per heavy atom. The van der Waals surface area contributed by atoms with E-state index in [4.69, 9.17) is 0 Å². The summed E-state index contributed by atoms with van der Waals surface area (Å²) in [4.78, 5) is 0. The van der Waals surface area contributed by atoms with Crippen LogP contribution in [0, 0.1) is 11.8 Å². The lowest BCUT2D eigenvalue weighted by Gasteiger charge is -2.21. The molecule has 20 heavy (non-hydrogen) atoms. The first-order chi connectivity index (χ1) is 9.92. The van der Waals surface area contributed by atoms with Crippen LogP contribution in [0.25, 0.3) is 11.1 Å². The van der Waals surface area contributed by atoms with E-state index in [-0.39, 0.29) is 0 Å². The molecular weight excluding hydrogens is 242 g/mol. The van der Waals surface area contributed by atoms with E-state index >= 15 is 0 Å². The Morgan fingerprint density at radius 1 is 0.750 bits per heavy atom. The van der Waals surface area contributed by atoms with Crippen LogP contribution >= 0.6 is 0 Å². The first-order valence-electron chi connectivity index (χ1n) is 7.83. The van der Waals surface area contributed by atoms with Crippen molar-refractivity contribution in [2.75, 3.05) is 5.32 Å². The summed E-state index contributed by atoms with van der Waals surface area (Å²) in [7, 11) is 0. The summed E-state index contributed by atoms with van der Waals surface area (Å²) >= 11 is 0. The maximum absolute atomic E-state index is 3.87. The zero-order chi connectivity index (χ0) is 13.4. The number of para-hydroxylation sites is 1. The summed E-state index contributed by atoms with van der Waals surface area (Å²) in [5, 5.41) is 3.87. The smallest absolute Gasteiger partial charge is 0.0422 e. The monoisotopic (exact) mass is 263 g/mol. The topological polar surface area (TPSA) is 12.0 Å². The van der Waals surface area contributed by atoms with Gasteiger partial charge in [-0.05, 0) is 49.1 Å². The van der Waals surface area contributed by atoms with Gasteiger partial charge in [0.25, 0.3) is 0 Å². The van der Waals surface area contributed by atoms with Crippen molar-refractivity contribution in [3.8, 4) is 11.1 Å². The van der Waals surface area contributed by atoms with Crippen molar-refractivity contribution in [3.05, 3.63) is 54.6 Å². The summed E-state index contributed by atoms with van der Waals surface area (Å²) in [6.07, 6.45) is 5.67. The third kappa shape index (κ3) is 2.45. The molecule has 0 spiro atoms. The molecule has 2 aromatic rings. The maximum Gasteiger partial charge on any atom is 0.0422 e. The molecule has 0 unspecified atom stereocenters. The Morgan fingerprint density at radius 2 is 1.35 bits per heavy atom. The van der Waals surface area contributed by atoms with Gasteiger partial charge in [-0.15, -0.1) is 0 Å². The van der Waals surface area contributed by atoms with Gasteiger partial charge in [-0.3, -0.25) is 0 Å². The highest BCUT2D eigenvalue weighted by molar-refractivity contribution is 5.78. The normalized spacial score (nSPS) is 18.2. The molecule has 0 saturated heterocycles. The molecule has 0 bridgehead atoms. The molecule has 0 atom stereocenters. The highest BCUT2D eigenvalue weighted by Gasteiger charge is 2.41. The van der Waals surface area contributed by atoms with Gasteiger partial charge in [0.2, 0.25) is 0 Å². The standard InChI is InChI=1S/C19H21N/c1-2-6-14(7-3-1)17-8-4-5-9-18(17)20-19(15-10-11-15)16-12-13-16/h1-9,15-16,19-20H,10-13H2. The van der Waals surface area contributed by atoms with Crippen LogP contribution in [0.2, 0.25) is 0 Å². The predicted octanol–water partition coefficient (Wildman–Crippen LogP) is 4.95. The lowest BCUT2D eigenvalue weighted by atomic mass is 10.0. The number of anilines is 1. The number of hydrogen-bond donors (Lipinski definition) is 1. The van der Waals surface area contributed by atoms with E-state index in [9.17, 15) is 0 Å². The molecule has 2 aromatic carbocycles. The van der Waals surface area contributed by atoms with Gasteiger partial charge >= 0.3 is 0 Å². The van der Waals surface area contributed by atoms with E-state index in [0.717, 1.165) is 11.8 Å². The lowest BCUT2D eigenvalue weighted by Crippen LogP contribution is -2.24. The molecule has 2 saturated carbocycles. The molecule has 2 aliphatic carbocycles. The van der Waals surface area contributed by atoms with Crippen molar-refractivity contribution in [1.82, 2.24) is 0 Å². The van der Waals surface area contributed by atoms with Gasteiger partial charge in [0.1, 0.15) is 0 Å².